The van der Waals surface area contributed by atoms with Gasteiger partial charge in [0.25, 0.3) is 11.8 Å². The number of aliphatic hydroxyl groups excluding tert-OH is 2. The lowest BCUT2D eigenvalue weighted by molar-refractivity contribution is -0.138. The molecule has 0 saturated heterocycles. The van der Waals surface area contributed by atoms with Gasteiger partial charge in [0.15, 0.2) is 0 Å². The van der Waals surface area contributed by atoms with Crippen molar-refractivity contribution < 1.29 is 24.6 Å². The average Bonchev–Trinajstić information content (AvgIpc) is 2.86. The normalized spacial score (nSPS) is 18.9. The second-order valence-corrected chi connectivity index (χ2v) is 9.46. The van der Waals surface area contributed by atoms with E-state index in [9.17, 15) is 19.8 Å². The Morgan fingerprint density at radius 2 is 1.75 bits per heavy atom. The van der Waals surface area contributed by atoms with Gasteiger partial charge in [-0.3, -0.25) is 14.4 Å². The molecular formula is C27H26Cl2N2O5. The molecule has 0 bridgehead atoms. The lowest BCUT2D eigenvalue weighted by Crippen LogP contribution is -2.55. The molecule has 0 aromatic heterocycles. The Morgan fingerprint density at radius 1 is 1.06 bits per heavy atom. The van der Waals surface area contributed by atoms with Crippen LogP contribution in [0.4, 0.5) is 0 Å². The standard InChI is InChI=1S/C27H26Cl2N2O5/c1-16(33)23(14-32)31-25(21-12-11-18(28)13-22(21)29)24(19-9-5-6-10-20(19)27(31)35)26(34)30-36-15-17-7-3-2-4-8-17/h2-13,16,23-25,32-33H,14-15H2,1H3,(H,30,34)/t16?,23-,24?,25?/m0/s1. The van der Waals surface area contributed by atoms with Crippen LogP contribution in [-0.2, 0) is 16.2 Å². The highest BCUT2D eigenvalue weighted by Gasteiger charge is 2.48. The summed E-state index contributed by atoms with van der Waals surface area (Å²) in [6, 6.07) is 18.9. The Hall–Kier alpha value is -2.94. The van der Waals surface area contributed by atoms with Gasteiger partial charge in [0.05, 0.1) is 37.3 Å². The van der Waals surface area contributed by atoms with Gasteiger partial charge in [-0.15, -0.1) is 0 Å². The molecule has 2 amide bonds. The number of hydrogen-bond acceptors (Lipinski definition) is 5. The number of nitrogens with one attached hydrogen (secondary N) is 1. The van der Waals surface area contributed by atoms with Crippen molar-refractivity contribution in [1.29, 1.82) is 0 Å². The van der Waals surface area contributed by atoms with Gasteiger partial charge >= 0.3 is 0 Å². The molecule has 1 heterocycles. The zero-order chi connectivity index (χ0) is 25.8. The summed E-state index contributed by atoms with van der Waals surface area (Å²) in [5.41, 5.74) is 4.62. The van der Waals surface area contributed by atoms with Crippen LogP contribution in [0, 0.1) is 0 Å². The minimum atomic E-state index is -1.09. The van der Waals surface area contributed by atoms with Gasteiger partial charge in [0.2, 0.25) is 0 Å². The molecular weight excluding hydrogens is 503 g/mol. The summed E-state index contributed by atoms with van der Waals surface area (Å²) in [6.07, 6.45) is -1.09. The quantitative estimate of drug-likeness (QED) is 0.379. The molecule has 4 atom stereocenters. The summed E-state index contributed by atoms with van der Waals surface area (Å²) in [7, 11) is 0. The highest BCUT2D eigenvalue weighted by atomic mass is 35.5. The second kappa shape index (κ2) is 11.4. The molecule has 36 heavy (non-hydrogen) atoms. The van der Waals surface area contributed by atoms with Crippen LogP contribution in [0.25, 0.3) is 0 Å². The molecule has 188 valence electrons. The third kappa shape index (κ3) is 5.26. The van der Waals surface area contributed by atoms with Crippen LogP contribution in [0.2, 0.25) is 10.0 Å². The van der Waals surface area contributed by atoms with E-state index >= 15 is 0 Å². The van der Waals surface area contributed by atoms with Crippen molar-refractivity contribution in [3.05, 3.63) is 105 Å². The van der Waals surface area contributed by atoms with E-state index in [-0.39, 0.29) is 11.6 Å². The predicted molar refractivity (Wildman–Crippen MR) is 136 cm³/mol. The van der Waals surface area contributed by atoms with E-state index in [4.69, 9.17) is 28.0 Å². The van der Waals surface area contributed by atoms with Crippen molar-refractivity contribution in [2.24, 2.45) is 0 Å². The van der Waals surface area contributed by atoms with Crippen molar-refractivity contribution in [3.63, 3.8) is 0 Å². The van der Waals surface area contributed by atoms with Gasteiger partial charge < -0.3 is 15.1 Å². The molecule has 9 heteroatoms. The lowest BCUT2D eigenvalue weighted by Gasteiger charge is -2.46. The first kappa shape index (κ1) is 26.1. The number of hydroxylamine groups is 1. The molecule has 0 fully saturated rings. The van der Waals surface area contributed by atoms with Crippen LogP contribution in [0.15, 0.2) is 72.8 Å². The molecule has 0 aliphatic carbocycles. The van der Waals surface area contributed by atoms with Crippen LogP contribution in [0.1, 0.15) is 45.9 Å². The Kier molecular flexibility index (Phi) is 8.28. The number of amides is 2. The Balaban J connectivity index is 1.80. The van der Waals surface area contributed by atoms with Crippen molar-refractivity contribution in [1.82, 2.24) is 10.4 Å². The topological polar surface area (TPSA) is 99.1 Å². The summed E-state index contributed by atoms with van der Waals surface area (Å²) < 4.78 is 0. The zero-order valence-electron chi connectivity index (χ0n) is 19.5. The maximum absolute atomic E-state index is 13.7. The maximum Gasteiger partial charge on any atom is 0.255 e. The van der Waals surface area contributed by atoms with E-state index in [2.05, 4.69) is 5.48 Å². The number of fused-ring (bicyclic) bond motifs is 1. The number of halogens is 2. The number of benzene rings is 3. The number of carbonyl (C=O) groups is 2. The number of hydrogen-bond donors (Lipinski definition) is 3. The Morgan fingerprint density at radius 3 is 2.42 bits per heavy atom. The van der Waals surface area contributed by atoms with Gasteiger partial charge in [-0.05, 0) is 41.8 Å². The fraction of sp³-hybridized carbons (Fsp3) is 0.259. The van der Waals surface area contributed by atoms with Crippen LogP contribution < -0.4 is 5.48 Å². The number of rotatable bonds is 8. The van der Waals surface area contributed by atoms with Gasteiger partial charge in [0, 0.05) is 15.6 Å². The molecule has 4 rings (SSSR count). The summed E-state index contributed by atoms with van der Waals surface area (Å²) in [6.45, 7) is 1.10. The lowest BCUT2D eigenvalue weighted by atomic mass is 9.78. The third-order valence-electron chi connectivity index (χ3n) is 6.30. The van der Waals surface area contributed by atoms with E-state index in [0.29, 0.717) is 21.7 Å². The summed E-state index contributed by atoms with van der Waals surface area (Å²) in [4.78, 5) is 34.3. The minimum absolute atomic E-state index is 0.142. The number of carbonyl (C=O) groups excluding carboxylic acids is 2. The van der Waals surface area contributed by atoms with E-state index < -0.39 is 42.5 Å². The first-order valence-corrected chi connectivity index (χ1v) is 12.2. The van der Waals surface area contributed by atoms with Crippen molar-refractivity contribution in [3.8, 4) is 0 Å². The van der Waals surface area contributed by atoms with Gasteiger partial charge in [-0.25, -0.2) is 5.48 Å². The van der Waals surface area contributed by atoms with E-state index in [1.54, 1.807) is 36.4 Å². The molecule has 0 saturated carbocycles. The molecule has 0 radical (unpaired) electrons. The third-order valence-corrected chi connectivity index (χ3v) is 6.86. The minimum Gasteiger partial charge on any atom is -0.394 e. The highest BCUT2D eigenvalue weighted by molar-refractivity contribution is 6.35. The van der Waals surface area contributed by atoms with Crippen molar-refractivity contribution >= 4 is 35.0 Å². The molecule has 3 aromatic carbocycles. The second-order valence-electron chi connectivity index (χ2n) is 8.62. The molecule has 1 aliphatic rings. The average molecular weight is 529 g/mol. The summed E-state index contributed by atoms with van der Waals surface area (Å²) >= 11 is 12.7. The van der Waals surface area contributed by atoms with Gasteiger partial charge in [-0.2, -0.15) is 0 Å². The van der Waals surface area contributed by atoms with Gasteiger partial charge in [-0.1, -0.05) is 77.8 Å². The predicted octanol–water partition coefficient (Wildman–Crippen LogP) is 4.26. The summed E-state index contributed by atoms with van der Waals surface area (Å²) in [5.74, 6) is -1.90. The van der Waals surface area contributed by atoms with E-state index in [1.165, 1.54) is 17.9 Å². The first-order chi connectivity index (χ1) is 17.3. The number of aliphatic hydroxyl groups is 2. The van der Waals surface area contributed by atoms with Crippen molar-refractivity contribution in [2.45, 2.75) is 37.6 Å². The van der Waals surface area contributed by atoms with E-state index in [0.717, 1.165) is 5.56 Å². The molecule has 3 unspecified atom stereocenters. The number of nitrogens with zero attached hydrogens (tertiary/aromatic N) is 1. The largest absolute Gasteiger partial charge is 0.394 e. The van der Waals surface area contributed by atoms with Crippen molar-refractivity contribution in [2.75, 3.05) is 6.61 Å². The van der Waals surface area contributed by atoms with Crippen LogP contribution in [0.3, 0.4) is 0 Å². The molecule has 7 nitrogen and oxygen atoms in total. The monoisotopic (exact) mass is 528 g/mol. The molecule has 1 aliphatic heterocycles. The Bertz CT molecular complexity index is 1240. The summed E-state index contributed by atoms with van der Waals surface area (Å²) in [5, 5.41) is 21.3. The van der Waals surface area contributed by atoms with E-state index in [1.807, 2.05) is 30.3 Å². The molecule has 0 spiro atoms. The van der Waals surface area contributed by atoms with Crippen LogP contribution in [0.5, 0.6) is 0 Å². The van der Waals surface area contributed by atoms with Crippen LogP contribution >= 0.6 is 23.2 Å². The highest BCUT2D eigenvalue weighted by Crippen LogP contribution is 2.46. The Labute approximate surface area is 219 Å². The fourth-order valence-corrected chi connectivity index (χ4v) is 5.09. The molecule has 3 N–H and O–H groups in total. The SMILES string of the molecule is CC(O)[C@H](CO)N1C(=O)c2ccccc2C(C(=O)NOCc2ccccc2)C1c1ccc(Cl)cc1Cl. The maximum atomic E-state index is 13.7. The smallest absolute Gasteiger partial charge is 0.255 e. The van der Waals surface area contributed by atoms with Gasteiger partial charge in [0.1, 0.15) is 0 Å². The van der Waals surface area contributed by atoms with Crippen LogP contribution in [-0.4, -0.2) is 45.7 Å². The first-order valence-electron chi connectivity index (χ1n) is 11.4. The zero-order valence-corrected chi connectivity index (χ0v) is 21.0. The molecule has 3 aromatic rings. The fourth-order valence-electron chi connectivity index (χ4n) is 4.57.